The van der Waals surface area contributed by atoms with E-state index in [-0.39, 0.29) is 18.7 Å². The molecule has 5 heteroatoms. The van der Waals surface area contributed by atoms with Gasteiger partial charge in [0, 0.05) is 19.3 Å². The van der Waals surface area contributed by atoms with Crippen molar-refractivity contribution in [3.63, 3.8) is 0 Å². The fourth-order valence-corrected chi connectivity index (χ4v) is 2.77. The Hall–Kier alpha value is -2.95. The minimum Gasteiger partial charge on any atom is -0.480 e. The number of carbonyl (C=O) groups excluding carboxylic acids is 1. The fourth-order valence-electron chi connectivity index (χ4n) is 2.77. The van der Waals surface area contributed by atoms with Gasteiger partial charge in [-0.3, -0.25) is 4.79 Å². The van der Waals surface area contributed by atoms with E-state index in [1.165, 1.54) is 0 Å². The van der Waals surface area contributed by atoms with E-state index in [9.17, 15) is 14.7 Å². The topological polar surface area (TPSA) is 70.0 Å². The maximum absolute atomic E-state index is 12.3. The van der Waals surface area contributed by atoms with Crippen LogP contribution >= 0.6 is 0 Å². The number of nitrogens with zero attached hydrogens (tertiary/aromatic N) is 2. The lowest BCUT2D eigenvalue weighted by Crippen LogP contribution is -2.45. The number of hydrazone groups is 1. The zero-order valence-electron chi connectivity index (χ0n) is 13.1. The summed E-state index contributed by atoms with van der Waals surface area (Å²) >= 11 is 0. The summed E-state index contributed by atoms with van der Waals surface area (Å²) < 4.78 is 0. The van der Waals surface area contributed by atoms with E-state index in [4.69, 9.17) is 0 Å². The second-order valence-electron chi connectivity index (χ2n) is 5.69. The molecule has 0 fully saturated rings. The number of carbonyl (C=O) groups is 2. The molecule has 24 heavy (non-hydrogen) atoms. The highest BCUT2D eigenvalue weighted by Gasteiger charge is 2.33. The van der Waals surface area contributed by atoms with E-state index in [0.717, 1.165) is 21.8 Å². The first kappa shape index (κ1) is 15.9. The number of carboxylic acid groups (broad SMARTS) is 1. The Kier molecular flexibility index (Phi) is 4.70. The molecule has 0 spiro atoms. The van der Waals surface area contributed by atoms with Gasteiger partial charge in [0.2, 0.25) is 5.91 Å². The zero-order valence-corrected chi connectivity index (χ0v) is 13.1. The number of hydrogen-bond donors (Lipinski definition) is 1. The molecule has 1 aliphatic rings. The average molecular weight is 322 g/mol. The van der Waals surface area contributed by atoms with Crippen LogP contribution in [0.5, 0.6) is 0 Å². The van der Waals surface area contributed by atoms with Crippen LogP contribution < -0.4 is 0 Å². The van der Waals surface area contributed by atoms with E-state index >= 15 is 0 Å². The number of benzene rings is 2. The van der Waals surface area contributed by atoms with Crippen LogP contribution in [0.15, 0.2) is 65.8 Å². The maximum atomic E-state index is 12.3. The molecular weight excluding hydrogens is 304 g/mol. The van der Waals surface area contributed by atoms with Gasteiger partial charge in [-0.05, 0) is 11.1 Å². The molecule has 0 aliphatic carbocycles. The van der Waals surface area contributed by atoms with E-state index in [1.807, 2.05) is 60.7 Å². The van der Waals surface area contributed by atoms with E-state index in [1.54, 1.807) is 0 Å². The Labute approximate surface area is 140 Å². The number of rotatable bonds is 5. The lowest BCUT2D eigenvalue weighted by Gasteiger charge is -2.29. The summed E-state index contributed by atoms with van der Waals surface area (Å²) in [7, 11) is 0. The molecule has 5 nitrogen and oxygen atoms in total. The van der Waals surface area contributed by atoms with Gasteiger partial charge in [0.1, 0.15) is 0 Å². The van der Waals surface area contributed by atoms with Crippen molar-refractivity contribution in [1.29, 1.82) is 0 Å². The van der Waals surface area contributed by atoms with Crippen LogP contribution in [-0.2, 0) is 16.0 Å². The third-order valence-corrected chi connectivity index (χ3v) is 4.02. The molecule has 1 aliphatic heterocycles. The van der Waals surface area contributed by atoms with E-state index in [2.05, 4.69) is 5.10 Å². The SMILES string of the molecule is O=C(O)C(Cc1ccccc1)N1N=C(c2ccccc2)CCC1=O. The molecule has 1 N–H and O–H groups in total. The zero-order chi connectivity index (χ0) is 16.9. The minimum atomic E-state index is -1.05. The molecule has 1 atom stereocenters. The Morgan fingerprint density at radius 2 is 1.67 bits per heavy atom. The highest BCUT2D eigenvalue weighted by Crippen LogP contribution is 2.19. The molecule has 1 heterocycles. The average Bonchev–Trinajstić information content (AvgIpc) is 2.62. The third kappa shape index (κ3) is 3.51. The predicted octanol–water partition coefficient (Wildman–Crippen LogP) is 2.71. The normalized spacial score (nSPS) is 15.8. The lowest BCUT2D eigenvalue weighted by molar-refractivity contribution is -0.150. The van der Waals surface area contributed by atoms with Crippen LogP contribution in [-0.4, -0.2) is 33.7 Å². The van der Waals surface area contributed by atoms with Crippen molar-refractivity contribution in [2.45, 2.75) is 25.3 Å². The standard InChI is InChI=1S/C19H18N2O3/c22-18-12-11-16(15-9-5-2-6-10-15)20-21(18)17(19(23)24)13-14-7-3-1-4-8-14/h1-10,17H,11-13H2,(H,23,24). The Balaban J connectivity index is 1.90. The summed E-state index contributed by atoms with van der Waals surface area (Å²) in [6.07, 6.45) is 1.02. The van der Waals surface area contributed by atoms with E-state index < -0.39 is 12.0 Å². The van der Waals surface area contributed by atoms with Crippen LogP contribution in [0.25, 0.3) is 0 Å². The summed E-state index contributed by atoms with van der Waals surface area (Å²) in [5, 5.41) is 15.1. The summed E-state index contributed by atoms with van der Waals surface area (Å²) in [5.74, 6) is -1.30. The van der Waals surface area contributed by atoms with Gasteiger partial charge in [-0.25, -0.2) is 9.80 Å². The first-order valence-electron chi connectivity index (χ1n) is 7.87. The van der Waals surface area contributed by atoms with Gasteiger partial charge in [0.05, 0.1) is 5.71 Å². The molecule has 0 aromatic heterocycles. The summed E-state index contributed by atoms with van der Waals surface area (Å²) in [6.45, 7) is 0. The fraction of sp³-hybridized carbons (Fsp3) is 0.211. The minimum absolute atomic E-state index is 0.230. The summed E-state index contributed by atoms with van der Waals surface area (Å²) in [4.78, 5) is 24.0. The largest absolute Gasteiger partial charge is 0.480 e. The van der Waals surface area contributed by atoms with Crippen LogP contribution in [0.2, 0.25) is 0 Å². The maximum Gasteiger partial charge on any atom is 0.328 e. The van der Waals surface area contributed by atoms with Gasteiger partial charge in [-0.15, -0.1) is 0 Å². The number of hydrogen-bond acceptors (Lipinski definition) is 3. The molecular formula is C19H18N2O3. The Bertz CT molecular complexity index is 757. The molecule has 122 valence electrons. The van der Waals surface area contributed by atoms with E-state index in [0.29, 0.717) is 6.42 Å². The molecule has 3 rings (SSSR count). The quantitative estimate of drug-likeness (QED) is 0.920. The molecule has 1 unspecified atom stereocenters. The third-order valence-electron chi connectivity index (χ3n) is 4.02. The van der Waals surface area contributed by atoms with Crippen LogP contribution in [0.3, 0.4) is 0 Å². The van der Waals surface area contributed by atoms with Crippen molar-refractivity contribution in [3.05, 3.63) is 71.8 Å². The monoisotopic (exact) mass is 322 g/mol. The van der Waals surface area contributed by atoms with Gasteiger partial charge in [0.15, 0.2) is 6.04 Å². The first-order valence-corrected chi connectivity index (χ1v) is 7.87. The molecule has 1 amide bonds. The highest BCUT2D eigenvalue weighted by atomic mass is 16.4. The highest BCUT2D eigenvalue weighted by molar-refractivity contribution is 6.04. The van der Waals surface area contributed by atoms with Crippen molar-refractivity contribution in [3.8, 4) is 0 Å². The van der Waals surface area contributed by atoms with Gasteiger partial charge in [-0.1, -0.05) is 60.7 Å². The number of aliphatic carboxylic acids is 1. The molecule has 2 aromatic carbocycles. The van der Waals surface area contributed by atoms with Crippen molar-refractivity contribution in [2.24, 2.45) is 5.10 Å². The second-order valence-corrected chi connectivity index (χ2v) is 5.69. The summed E-state index contributed by atoms with van der Waals surface area (Å²) in [6, 6.07) is 17.8. The lowest BCUT2D eigenvalue weighted by atomic mass is 10.0. The number of carboxylic acids is 1. The first-order chi connectivity index (χ1) is 11.6. The van der Waals surface area contributed by atoms with Crippen LogP contribution in [0.4, 0.5) is 0 Å². The molecule has 0 bridgehead atoms. The smallest absolute Gasteiger partial charge is 0.328 e. The van der Waals surface area contributed by atoms with Gasteiger partial charge >= 0.3 is 5.97 Å². The number of amides is 1. The molecule has 0 saturated heterocycles. The predicted molar refractivity (Wildman–Crippen MR) is 90.6 cm³/mol. The molecule has 2 aromatic rings. The van der Waals surface area contributed by atoms with Crippen molar-refractivity contribution in [2.75, 3.05) is 0 Å². The van der Waals surface area contributed by atoms with Crippen LogP contribution in [0.1, 0.15) is 24.0 Å². The Morgan fingerprint density at radius 1 is 1.04 bits per heavy atom. The van der Waals surface area contributed by atoms with Gasteiger partial charge < -0.3 is 5.11 Å². The van der Waals surface area contributed by atoms with Crippen LogP contribution in [0, 0.1) is 0 Å². The molecule has 0 saturated carbocycles. The Morgan fingerprint density at radius 3 is 2.29 bits per heavy atom. The van der Waals surface area contributed by atoms with Gasteiger partial charge in [0.25, 0.3) is 0 Å². The molecule has 0 radical (unpaired) electrons. The van der Waals surface area contributed by atoms with Crippen molar-refractivity contribution < 1.29 is 14.7 Å². The van der Waals surface area contributed by atoms with Crippen molar-refractivity contribution >= 4 is 17.6 Å². The van der Waals surface area contributed by atoms with Crippen molar-refractivity contribution in [1.82, 2.24) is 5.01 Å². The summed E-state index contributed by atoms with van der Waals surface area (Å²) in [5.41, 5.74) is 2.52. The van der Waals surface area contributed by atoms with Gasteiger partial charge in [-0.2, -0.15) is 5.10 Å². The second kappa shape index (κ2) is 7.08.